The van der Waals surface area contributed by atoms with Crippen molar-refractivity contribution in [3.63, 3.8) is 0 Å². The number of hydroxylamine groups is 1. The fraction of sp³-hybridized carbons (Fsp3) is 0.250. The summed E-state index contributed by atoms with van der Waals surface area (Å²) in [5.74, 6) is -1.89. The van der Waals surface area contributed by atoms with Gasteiger partial charge in [0.15, 0.2) is 0 Å². The smallest absolute Gasteiger partial charge is 0.323 e. The first-order valence-electron chi connectivity index (χ1n) is 3.97. The fourth-order valence-corrected chi connectivity index (χ4v) is 0.699. The molecule has 8 heteroatoms. The van der Waals surface area contributed by atoms with Crippen LogP contribution >= 0.6 is 0 Å². The number of hydrogen-bond acceptors (Lipinski definition) is 4. The number of aliphatic carboxylic acids is 2. The molecule has 0 unspecified atom stereocenters. The molecule has 0 bridgehead atoms. The molecule has 0 atom stereocenters. The molecule has 0 radical (unpaired) electrons. The first-order valence-corrected chi connectivity index (χ1v) is 3.97. The summed E-state index contributed by atoms with van der Waals surface area (Å²) in [6.07, 6.45) is 3.43. The summed E-state index contributed by atoms with van der Waals surface area (Å²) in [7, 11) is 0. The molecule has 1 heterocycles. The summed E-state index contributed by atoms with van der Waals surface area (Å²) in [4.78, 5) is 19.4. The Bertz CT molecular complexity index is 301. The zero-order chi connectivity index (χ0) is 11.7. The van der Waals surface area contributed by atoms with E-state index in [9.17, 15) is 9.59 Å². The summed E-state index contributed by atoms with van der Waals surface area (Å²) in [6.45, 7) is -0.354. The predicted octanol–water partition coefficient (Wildman–Crippen LogP) is -0.380. The minimum atomic E-state index is -1.07. The van der Waals surface area contributed by atoms with Crippen LogP contribution in [-0.2, 0) is 35.6 Å². The maximum Gasteiger partial charge on any atom is 0.323 e. The van der Waals surface area contributed by atoms with Crippen molar-refractivity contribution in [1.82, 2.24) is 10.0 Å². The average molecular weight is 282 g/mol. The van der Waals surface area contributed by atoms with E-state index in [0.717, 1.165) is 0 Å². The van der Waals surface area contributed by atoms with Crippen molar-refractivity contribution in [2.24, 2.45) is 0 Å². The zero-order valence-corrected chi connectivity index (χ0v) is 11.5. The Hall–Kier alpha value is -1.24. The summed E-state index contributed by atoms with van der Waals surface area (Å²) in [5, 5.41) is 23.6. The maximum atomic E-state index is 10.0. The molecule has 0 aromatic carbocycles. The molecule has 0 amide bonds. The predicted molar refractivity (Wildman–Crippen MR) is 49.5 cm³/mol. The second-order valence-corrected chi connectivity index (χ2v) is 2.48. The standard InChI is InChI=1S/C6H7NO2.C2H5NO3.Zn/c8-6(9)5-7-3-1-2-4-7;4-2(5)1-3-6;/h1-4H,5H2,(H,8,9);3,6H,1H2,(H,4,5);. The third-order valence-electron chi connectivity index (χ3n) is 1.21. The summed E-state index contributed by atoms with van der Waals surface area (Å²) in [6, 6.07) is 3.59. The van der Waals surface area contributed by atoms with Crippen molar-refractivity contribution >= 4 is 11.9 Å². The van der Waals surface area contributed by atoms with Gasteiger partial charge in [0.2, 0.25) is 0 Å². The third kappa shape index (κ3) is 10.8. The van der Waals surface area contributed by atoms with Crippen molar-refractivity contribution in [2.75, 3.05) is 6.54 Å². The fourth-order valence-electron chi connectivity index (χ4n) is 0.699. The summed E-state index contributed by atoms with van der Waals surface area (Å²) < 4.78 is 1.60. The average Bonchev–Trinajstić information content (AvgIpc) is 2.56. The van der Waals surface area contributed by atoms with Gasteiger partial charge in [0, 0.05) is 31.9 Å². The van der Waals surface area contributed by atoms with E-state index in [1.807, 2.05) is 0 Å². The number of carboxylic acid groups (broad SMARTS) is 2. The van der Waals surface area contributed by atoms with Gasteiger partial charge in [0.25, 0.3) is 0 Å². The molecule has 0 saturated heterocycles. The van der Waals surface area contributed by atoms with E-state index in [1.54, 1.807) is 29.1 Å². The van der Waals surface area contributed by atoms with Crippen LogP contribution in [0.25, 0.3) is 0 Å². The van der Waals surface area contributed by atoms with Crippen LogP contribution in [0.3, 0.4) is 0 Å². The molecule has 0 aliphatic rings. The zero-order valence-electron chi connectivity index (χ0n) is 8.54. The van der Waals surface area contributed by atoms with E-state index in [0.29, 0.717) is 0 Å². The van der Waals surface area contributed by atoms with Gasteiger partial charge in [-0.3, -0.25) is 9.59 Å². The molecule has 1 rings (SSSR count). The Morgan fingerprint density at radius 2 is 1.62 bits per heavy atom. The number of carbonyl (C=O) groups is 2. The quantitative estimate of drug-likeness (QED) is 0.442. The molecule has 7 nitrogen and oxygen atoms in total. The van der Waals surface area contributed by atoms with Crippen molar-refractivity contribution < 1.29 is 44.5 Å². The molecule has 0 aliphatic heterocycles. The second-order valence-electron chi connectivity index (χ2n) is 2.48. The minimum Gasteiger partial charge on any atom is -0.480 e. The van der Waals surface area contributed by atoms with Crippen molar-refractivity contribution in [2.45, 2.75) is 6.54 Å². The number of carboxylic acids is 2. The number of nitrogens with one attached hydrogen (secondary N) is 1. The Kier molecular flexibility index (Phi) is 11.0. The molecule has 0 aliphatic carbocycles. The molecule has 4 N–H and O–H groups in total. The van der Waals surface area contributed by atoms with E-state index in [4.69, 9.17) is 15.4 Å². The largest absolute Gasteiger partial charge is 0.480 e. The van der Waals surface area contributed by atoms with Crippen molar-refractivity contribution in [3.05, 3.63) is 24.5 Å². The molecule has 0 fully saturated rings. The Morgan fingerprint density at radius 3 is 1.88 bits per heavy atom. The van der Waals surface area contributed by atoms with Crippen LogP contribution in [0.15, 0.2) is 24.5 Å². The monoisotopic (exact) mass is 280 g/mol. The van der Waals surface area contributed by atoms with Crippen LogP contribution in [0, 0.1) is 0 Å². The van der Waals surface area contributed by atoms with E-state index in [-0.39, 0.29) is 26.0 Å². The van der Waals surface area contributed by atoms with Gasteiger partial charge < -0.3 is 20.0 Å². The van der Waals surface area contributed by atoms with Crippen LogP contribution in [0.4, 0.5) is 0 Å². The van der Waals surface area contributed by atoms with Crippen molar-refractivity contribution in [3.8, 4) is 0 Å². The van der Waals surface area contributed by atoms with Crippen LogP contribution in [0.1, 0.15) is 0 Å². The Morgan fingerprint density at radius 1 is 1.12 bits per heavy atom. The first kappa shape index (κ1) is 17.2. The van der Waals surface area contributed by atoms with Crippen LogP contribution in [0.5, 0.6) is 0 Å². The van der Waals surface area contributed by atoms with Gasteiger partial charge in [-0.05, 0) is 12.1 Å². The number of aromatic nitrogens is 1. The maximum absolute atomic E-state index is 10.0. The molecule has 0 spiro atoms. The molecule has 0 saturated carbocycles. The number of nitrogens with zero attached hydrogens (tertiary/aromatic N) is 1. The normalized spacial score (nSPS) is 8.31. The molecule has 1 aromatic rings. The molecule has 16 heavy (non-hydrogen) atoms. The van der Waals surface area contributed by atoms with E-state index >= 15 is 0 Å². The molecule has 1 aromatic heterocycles. The second kappa shape index (κ2) is 10.3. The SMILES string of the molecule is O=C(O)CNO.O=C(O)Cn1cccc1.[Zn]. The number of rotatable bonds is 4. The summed E-state index contributed by atoms with van der Waals surface area (Å²) in [5.41, 5.74) is 1.47. The van der Waals surface area contributed by atoms with E-state index in [2.05, 4.69) is 0 Å². The number of hydrogen-bond donors (Lipinski definition) is 4. The van der Waals surface area contributed by atoms with Gasteiger partial charge in [-0.15, -0.1) is 0 Å². The van der Waals surface area contributed by atoms with E-state index < -0.39 is 18.5 Å². The van der Waals surface area contributed by atoms with Crippen LogP contribution in [-0.4, -0.2) is 38.5 Å². The van der Waals surface area contributed by atoms with Gasteiger partial charge in [0.05, 0.1) is 0 Å². The topological polar surface area (TPSA) is 112 Å². The summed E-state index contributed by atoms with van der Waals surface area (Å²) >= 11 is 0. The van der Waals surface area contributed by atoms with Crippen molar-refractivity contribution in [1.29, 1.82) is 0 Å². The third-order valence-corrected chi connectivity index (χ3v) is 1.21. The molecular formula is C8H12N2O5Zn. The Labute approximate surface area is 104 Å². The van der Waals surface area contributed by atoms with E-state index in [1.165, 1.54) is 5.48 Å². The minimum absolute atomic E-state index is 0. The van der Waals surface area contributed by atoms with Crippen LogP contribution < -0.4 is 5.48 Å². The van der Waals surface area contributed by atoms with Gasteiger partial charge in [-0.25, -0.2) is 0 Å². The van der Waals surface area contributed by atoms with Crippen LogP contribution in [0.2, 0.25) is 0 Å². The first-order chi connectivity index (χ1) is 7.06. The molecule has 86 valence electrons. The Balaban J connectivity index is 0. The van der Waals surface area contributed by atoms with Gasteiger partial charge in [-0.2, -0.15) is 5.48 Å². The molecular weight excluding hydrogens is 269 g/mol. The van der Waals surface area contributed by atoms with Gasteiger partial charge in [-0.1, -0.05) is 0 Å². The van der Waals surface area contributed by atoms with Gasteiger partial charge >= 0.3 is 11.9 Å². The van der Waals surface area contributed by atoms with Gasteiger partial charge in [0.1, 0.15) is 13.1 Å².